The molecule has 1 aliphatic heterocycles. The number of fused-ring (bicyclic) bond motifs is 1. The first-order valence-electron chi connectivity index (χ1n) is 9.31. The molecule has 1 amide bonds. The molecule has 1 aromatic heterocycles. The number of benzene rings is 2. The number of rotatable bonds is 3. The molecule has 28 heavy (non-hydrogen) atoms. The van der Waals surface area contributed by atoms with Crippen LogP contribution in [0, 0.1) is 0 Å². The van der Waals surface area contributed by atoms with Gasteiger partial charge in [0.2, 0.25) is 0 Å². The summed E-state index contributed by atoms with van der Waals surface area (Å²) in [6, 6.07) is 12.9. The van der Waals surface area contributed by atoms with Crippen molar-refractivity contribution in [3.63, 3.8) is 0 Å². The van der Waals surface area contributed by atoms with E-state index in [1.54, 1.807) is 12.1 Å². The smallest absolute Gasteiger partial charge is 0.255 e. The molecule has 5 nitrogen and oxygen atoms in total. The lowest BCUT2D eigenvalue weighted by molar-refractivity contribution is 0.0747. The Balaban J connectivity index is 1.57. The second kappa shape index (κ2) is 7.94. The SMILES string of the molecule is CCc1nc(N2CCN(C(=O)c3ccccc3Cl)CC2)c2ccc(Cl)cc2n1. The number of carbonyl (C=O) groups excluding carboxylic acids is 1. The molecule has 1 fully saturated rings. The summed E-state index contributed by atoms with van der Waals surface area (Å²) in [5.41, 5.74) is 1.40. The summed E-state index contributed by atoms with van der Waals surface area (Å²) in [6.07, 6.45) is 0.750. The standard InChI is InChI=1S/C21H20Cl2N4O/c1-2-19-24-18-13-14(22)7-8-16(18)20(25-19)26-9-11-27(12-10-26)21(28)15-5-3-4-6-17(15)23/h3-8,13H,2,9-12H2,1H3. The summed E-state index contributed by atoms with van der Waals surface area (Å²) < 4.78 is 0. The third-order valence-corrected chi connectivity index (χ3v) is 5.54. The monoisotopic (exact) mass is 414 g/mol. The second-order valence-electron chi connectivity index (χ2n) is 6.74. The van der Waals surface area contributed by atoms with Crippen molar-refractivity contribution in [2.75, 3.05) is 31.1 Å². The van der Waals surface area contributed by atoms with Gasteiger partial charge in [-0.1, -0.05) is 42.3 Å². The van der Waals surface area contributed by atoms with Crippen molar-refractivity contribution in [2.45, 2.75) is 13.3 Å². The molecule has 0 bridgehead atoms. The number of piperazine rings is 1. The van der Waals surface area contributed by atoms with E-state index in [4.69, 9.17) is 28.2 Å². The largest absolute Gasteiger partial charge is 0.352 e. The molecular formula is C21H20Cl2N4O. The number of aryl methyl sites for hydroxylation is 1. The summed E-state index contributed by atoms with van der Waals surface area (Å²) >= 11 is 12.3. The van der Waals surface area contributed by atoms with E-state index in [0.717, 1.165) is 29.0 Å². The van der Waals surface area contributed by atoms with Crippen LogP contribution in [0.15, 0.2) is 42.5 Å². The number of carbonyl (C=O) groups is 1. The lowest BCUT2D eigenvalue weighted by Crippen LogP contribution is -2.49. The maximum Gasteiger partial charge on any atom is 0.255 e. The Kier molecular flexibility index (Phi) is 5.38. The highest BCUT2D eigenvalue weighted by Gasteiger charge is 2.25. The van der Waals surface area contributed by atoms with Gasteiger partial charge in [-0.15, -0.1) is 0 Å². The summed E-state index contributed by atoms with van der Waals surface area (Å²) in [6.45, 7) is 4.67. The van der Waals surface area contributed by atoms with Crippen LogP contribution < -0.4 is 4.90 Å². The van der Waals surface area contributed by atoms with Gasteiger partial charge in [-0.05, 0) is 30.3 Å². The van der Waals surface area contributed by atoms with Crippen LogP contribution in [-0.4, -0.2) is 47.0 Å². The quantitative estimate of drug-likeness (QED) is 0.634. The van der Waals surface area contributed by atoms with Crippen molar-refractivity contribution >= 4 is 45.8 Å². The van der Waals surface area contributed by atoms with E-state index in [2.05, 4.69) is 9.88 Å². The molecule has 0 atom stereocenters. The average Bonchev–Trinajstić information content (AvgIpc) is 2.72. The molecule has 0 aliphatic carbocycles. The number of anilines is 1. The molecule has 4 rings (SSSR count). The molecule has 0 radical (unpaired) electrons. The first kappa shape index (κ1) is 19.0. The van der Waals surface area contributed by atoms with Gasteiger partial charge in [0, 0.05) is 43.0 Å². The Morgan fingerprint density at radius 2 is 1.79 bits per heavy atom. The lowest BCUT2D eigenvalue weighted by atomic mass is 10.1. The molecule has 0 spiro atoms. The molecule has 1 saturated heterocycles. The molecule has 2 aromatic carbocycles. The van der Waals surface area contributed by atoms with E-state index in [1.807, 2.05) is 42.2 Å². The van der Waals surface area contributed by atoms with E-state index < -0.39 is 0 Å². The van der Waals surface area contributed by atoms with Gasteiger partial charge >= 0.3 is 0 Å². The van der Waals surface area contributed by atoms with Gasteiger partial charge in [0.05, 0.1) is 16.1 Å². The molecule has 144 valence electrons. The van der Waals surface area contributed by atoms with Crippen molar-refractivity contribution in [3.05, 3.63) is 63.9 Å². The Labute approximate surface area is 173 Å². The average molecular weight is 415 g/mol. The molecular weight excluding hydrogens is 395 g/mol. The number of aromatic nitrogens is 2. The fraction of sp³-hybridized carbons (Fsp3) is 0.286. The summed E-state index contributed by atoms with van der Waals surface area (Å²) in [5, 5.41) is 2.13. The summed E-state index contributed by atoms with van der Waals surface area (Å²) in [4.78, 5) is 26.2. The van der Waals surface area contributed by atoms with Crippen molar-refractivity contribution in [1.82, 2.24) is 14.9 Å². The Bertz CT molecular complexity index is 1030. The number of halogens is 2. The minimum atomic E-state index is -0.0289. The van der Waals surface area contributed by atoms with Crippen LogP contribution in [-0.2, 0) is 6.42 Å². The maximum atomic E-state index is 12.8. The number of hydrogen-bond acceptors (Lipinski definition) is 4. The molecule has 0 N–H and O–H groups in total. The van der Waals surface area contributed by atoms with Crippen LogP contribution in [0.2, 0.25) is 10.0 Å². The Morgan fingerprint density at radius 1 is 1.04 bits per heavy atom. The van der Waals surface area contributed by atoms with Crippen molar-refractivity contribution in [1.29, 1.82) is 0 Å². The van der Waals surface area contributed by atoms with Gasteiger partial charge in [0.15, 0.2) is 0 Å². The second-order valence-corrected chi connectivity index (χ2v) is 7.58. The van der Waals surface area contributed by atoms with E-state index in [1.165, 1.54) is 0 Å². The summed E-state index contributed by atoms with van der Waals surface area (Å²) in [5.74, 6) is 1.67. The lowest BCUT2D eigenvalue weighted by Gasteiger charge is -2.36. The van der Waals surface area contributed by atoms with Crippen LogP contribution in [0.1, 0.15) is 23.1 Å². The third-order valence-electron chi connectivity index (χ3n) is 4.97. The van der Waals surface area contributed by atoms with E-state index in [-0.39, 0.29) is 5.91 Å². The predicted molar refractivity (Wildman–Crippen MR) is 113 cm³/mol. The minimum Gasteiger partial charge on any atom is -0.352 e. The highest BCUT2D eigenvalue weighted by molar-refractivity contribution is 6.33. The zero-order valence-electron chi connectivity index (χ0n) is 15.5. The van der Waals surface area contributed by atoms with Crippen molar-refractivity contribution in [2.24, 2.45) is 0 Å². The molecule has 7 heteroatoms. The first-order valence-corrected chi connectivity index (χ1v) is 10.1. The zero-order chi connectivity index (χ0) is 19.7. The highest BCUT2D eigenvalue weighted by Crippen LogP contribution is 2.28. The Hall–Kier alpha value is -2.37. The van der Waals surface area contributed by atoms with Gasteiger partial charge in [0.1, 0.15) is 11.6 Å². The van der Waals surface area contributed by atoms with Gasteiger partial charge < -0.3 is 9.80 Å². The fourth-order valence-electron chi connectivity index (χ4n) is 3.46. The van der Waals surface area contributed by atoms with Crippen LogP contribution in [0.3, 0.4) is 0 Å². The first-order chi connectivity index (χ1) is 13.6. The van der Waals surface area contributed by atoms with Crippen LogP contribution >= 0.6 is 23.2 Å². The minimum absolute atomic E-state index is 0.0289. The van der Waals surface area contributed by atoms with Crippen LogP contribution in [0.25, 0.3) is 10.9 Å². The third kappa shape index (κ3) is 3.64. The maximum absolute atomic E-state index is 12.8. The number of nitrogens with zero attached hydrogens (tertiary/aromatic N) is 4. The molecule has 0 saturated carbocycles. The molecule has 1 aliphatic rings. The van der Waals surface area contributed by atoms with Crippen molar-refractivity contribution < 1.29 is 4.79 Å². The number of amides is 1. The van der Waals surface area contributed by atoms with E-state index in [0.29, 0.717) is 41.8 Å². The van der Waals surface area contributed by atoms with E-state index >= 15 is 0 Å². The fourth-order valence-corrected chi connectivity index (χ4v) is 3.84. The van der Waals surface area contributed by atoms with Crippen molar-refractivity contribution in [3.8, 4) is 0 Å². The normalized spacial score (nSPS) is 14.5. The van der Waals surface area contributed by atoms with Gasteiger partial charge in [-0.2, -0.15) is 0 Å². The van der Waals surface area contributed by atoms with Crippen LogP contribution in [0.4, 0.5) is 5.82 Å². The van der Waals surface area contributed by atoms with E-state index in [9.17, 15) is 4.79 Å². The molecule has 2 heterocycles. The zero-order valence-corrected chi connectivity index (χ0v) is 17.0. The predicted octanol–water partition coefficient (Wildman–Crippen LogP) is 4.46. The number of hydrogen-bond donors (Lipinski definition) is 0. The molecule has 0 unspecified atom stereocenters. The van der Waals surface area contributed by atoms with Gasteiger partial charge in [0.25, 0.3) is 5.91 Å². The topological polar surface area (TPSA) is 49.3 Å². The molecule has 3 aromatic rings. The van der Waals surface area contributed by atoms with Gasteiger partial charge in [-0.25, -0.2) is 9.97 Å². The Morgan fingerprint density at radius 3 is 2.50 bits per heavy atom. The van der Waals surface area contributed by atoms with Crippen LogP contribution in [0.5, 0.6) is 0 Å². The summed E-state index contributed by atoms with van der Waals surface area (Å²) in [7, 11) is 0. The van der Waals surface area contributed by atoms with Gasteiger partial charge in [-0.3, -0.25) is 4.79 Å². The highest BCUT2D eigenvalue weighted by atomic mass is 35.5.